The Kier molecular flexibility index (Phi) is 6.40. The summed E-state index contributed by atoms with van der Waals surface area (Å²) in [4.78, 5) is 23.8. The summed E-state index contributed by atoms with van der Waals surface area (Å²) in [6.07, 6.45) is 0. The van der Waals surface area contributed by atoms with Crippen molar-refractivity contribution in [1.29, 1.82) is 0 Å². The fourth-order valence-corrected chi connectivity index (χ4v) is 2.56. The number of nitrogens with one attached hydrogen (secondary N) is 3. The summed E-state index contributed by atoms with van der Waals surface area (Å²) in [7, 11) is 0. The normalized spacial score (nSPS) is 10.0. The summed E-state index contributed by atoms with van der Waals surface area (Å²) in [5.74, 6) is -0.321. The van der Waals surface area contributed by atoms with E-state index in [1.54, 1.807) is 24.3 Å². The summed E-state index contributed by atoms with van der Waals surface area (Å²) in [5.41, 5.74) is 2.04. The van der Waals surface area contributed by atoms with Crippen LogP contribution in [0.5, 0.6) is 0 Å². The Labute approximate surface area is 149 Å². The summed E-state index contributed by atoms with van der Waals surface area (Å²) in [5, 5.41) is 8.61. The zero-order valence-corrected chi connectivity index (χ0v) is 14.9. The number of halogens is 1. The van der Waals surface area contributed by atoms with E-state index in [4.69, 9.17) is 0 Å². The number of para-hydroxylation sites is 1. The Bertz CT molecular complexity index is 704. The van der Waals surface area contributed by atoms with Crippen molar-refractivity contribution >= 4 is 45.8 Å². The van der Waals surface area contributed by atoms with Crippen LogP contribution in [0.1, 0.15) is 17.3 Å². The highest BCUT2D eigenvalue weighted by atomic mass is 127. The van der Waals surface area contributed by atoms with Gasteiger partial charge in [0.05, 0.1) is 6.54 Å². The molecule has 3 N–H and O–H groups in total. The molecule has 2 aromatic carbocycles. The van der Waals surface area contributed by atoms with E-state index in [-0.39, 0.29) is 18.4 Å². The van der Waals surface area contributed by atoms with Crippen LogP contribution in [0.25, 0.3) is 0 Å². The van der Waals surface area contributed by atoms with Crippen LogP contribution >= 0.6 is 22.6 Å². The molecule has 6 heteroatoms. The average Bonchev–Trinajstić information content (AvgIpc) is 2.54. The fourth-order valence-electron chi connectivity index (χ4n) is 1.99. The van der Waals surface area contributed by atoms with Crippen molar-refractivity contribution < 1.29 is 9.59 Å². The highest BCUT2D eigenvalue weighted by Crippen LogP contribution is 2.16. The first-order chi connectivity index (χ1) is 11.1. The SMILES string of the molecule is CCNC(=O)c1cccc(NC(=O)CNc2ccccc2I)c1. The van der Waals surface area contributed by atoms with Gasteiger partial charge in [-0.3, -0.25) is 9.59 Å². The van der Waals surface area contributed by atoms with Crippen LogP contribution in [0.3, 0.4) is 0 Å². The molecular formula is C17H18IN3O2. The Morgan fingerprint density at radius 3 is 2.61 bits per heavy atom. The molecule has 0 saturated carbocycles. The molecule has 120 valence electrons. The van der Waals surface area contributed by atoms with E-state index in [1.807, 2.05) is 31.2 Å². The lowest BCUT2D eigenvalue weighted by molar-refractivity contribution is -0.114. The van der Waals surface area contributed by atoms with Crippen molar-refractivity contribution in [3.8, 4) is 0 Å². The Hall–Kier alpha value is -2.09. The average molecular weight is 423 g/mol. The first-order valence-electron chi connectivity index (χ1n) is 7.26. The van der Waals surface area contributed by atoms with Gasteiger partial charge in [-0.15, -0.1) is 0 Å². The van der Waals surface area contributed by atoms with Crippen molar-refractivity contribution in [1.82, 2.24) is 5.32 Å². The Morgan fingerprint density at radius 1 is 1.09 bits per heavy atom. The maximum atomic E-state index is 12.0. The topological polar surface area (TPSA) is 70.2 Å². The van der Waals surface area contributed by atoms with E-state index in [2.05, 4.69) is 38.5 Å². The minimum Gasteiger partial charge on any atom is -0.375 e. The predicted molar refractivity (Wildman–Crippen MR) is 101 cm³/mol. The molecule has 0 atom stereocenters. The van der Waals surface area contributed by atoms with Crippen molar-refractivity contribution in [2.24, 2.45) is 0 Å². The first kappa shape index (κ1) is 17.3. The molecule has 2 aromatic rings. The lowest BCUT2D eigenvalue weighted by Gasteiger charge is -2.10. The highest BCUT2D eigenvalue weighted by molar-refractivity contribution is 14.1. The zero-order valence-electron chi connectivity index (χ0n) is 12.7. The van der Waals surface area contributed by atoms with E-state index < -0.39 is 0 Å². The first-order valence-corrected chi connectivity index (χ1v) is 8.34. The van der Waals surface area contributed by atoms with Crippen LogP contribution in [-0.4, -0.2) is 24.9 Å². The van der Waals surface area contributed by atoms with Gasteiger partial charge in [-0.2, -0.15) is 0 Å². The number of rotatable bonds is 6. The van der Waals surface area contributed by atoms with Crippen LogP contribution in [0.4, 0.5) is 11.4 Å². The molecule has 0 unspecified atom stereocenters. The molecule has 0 aliphatic heterocycles. The van der Waals surface area contributed by atoms with Gasteiger partial charge in [0.1, 0.15) is 0 Å². The molecule has 0 heterocycles. The molecule has 0 saturated heterocycles. The molecule has 0 aromatic heterocycles. The molecule has 2 rings (SSSR count). The highest BCUT2D eigenvalue weighted by Gasteiger charge is 2.07. The molecule has 0 aliphatic rings. The summed E-state index contributed by atoms with van der Waals surface area (Å²) >= 11 is 2.21. The van der Waals surface area contributed by atoms with E-state index in [1.165, 1.54) is 0 Å². The standard InChI is InChI=1S/C17H18IN3O2/c1-2-19-17(23)12-6-5-7-13(10-12)21-16(22)11-20-15-9-4-3-8-14(15)18/h3-10,20H,2,11H2,1H3,(H,19,23)(H,21,22). The van der Waals surface area contributed by atoms with Crippen molar-refractivity contribution in [2.45, 2.75) is 6.92 Å². The van der Waals surface area contributed by atoms with Gasteiger partial charge < -0.3 is 16.0 Å². The minimum atomic E-state index is -0.169. The molecule has 0 bridgehead atoms. The largest absolute Gasteiger partial charge is 0.375 e. The Morgan fingerprint density at radius 2 is 1.87 bits per heavy atom. The third kappa shape index (κ3) is 5.24. The second kappa shape index (κ2) is 8.52. The smallest absolute Gasteiger partial charge is 0.251 e. The second-order valence-corrected chi connectivity index (χ2v) is 5.98. The van der Waals surface area contributed by atoms with Crippen molar-refractivity contribution in [3.63, 3.8) is 0 Å². The summed E-state index contributed by atoms with van der Waals surface area (Å²) < 4.78 is 1.05. The van der Waals surface area contributed by atoms with Crippen LogP contribution < -0.4 is 16.0 Å². The molecule has 2 amide bonds. The number of carbonyl (C=O) groups is 2. The van der Waals surface area contributed by atoms with Gasteiger partial charge in [0.15, 0.2) is 0 Å². The molecule has 0 aliphatic carbocycles. The predicted octanol–water partition coefficient (Wildman–Crippen LogP) is 3.09. The molecule has 5 nitrogen and oxygen atoms in total. The van der Waals surface area contributed by atoms with Gasteiger partial charge >= 0.3 is 0 Å². The van der Waals surface area contributed by atoms with Gasteiger partial charge in [0.25, 0.3) is 5.91 Å². The van der Waals surface area contributed by atoms with Crippen molar-refractivity contribution in [2.75, 3.05) is 23.7 Å². The lowest BCUT2D eigenvalue weighted by atomic mass is 10.2. The molecule has 0 radical (unpaired) electrons. The molecular weight excluding hydrogens is 405 g/mol. The number of hydrogen-bond acceptors (Lipinski definition) is 3. The van der Waals surface area contributed by atoms with Crippen LogP contribution in [0.2, 0.25) is 0 Å². The third-order valence-corrected chi connectivity index (χ3v) is 4.00. The number of anilines is 2. The number of hydrogen-bond donors (Lipinski definition) is 3. The van der Waals surface area contributed by atoms with Gasteiger partial charge in [-0.25, -0.2) is 0 Å². The number of benzene rings is 2. The van der Waals surface area contributed by atoms with E-state index >= 15 is 0 Å². The van der Waals surface area contributed by atoms with Crippen LogP contribution in [0, 0.1) is 3.57 Å². The number of amides is 2. The molecule has 23 heavy (non-hydrogen) atoms. The maximum Gasteiger partial charge on any atom is 0.251 e. The molecule has 0 fully saturated rings. The van der Waals surface area contributed by atoms with Gasteiger partial charge in [0, 0.05) is 27.1 Å². The summed E-state index contributed by atoms with van der Waals surface area (Å²) in [6.45, 7) is 2.58. The number of carbonyl (C=O) groups excluding carboxylic acids is 2. The van der Waals surface area contributed by atoms with E-state index in [0.29, 0.717) is 17.8 Å². The van der Waals surface area contributed by atoms with Gasteiger partial charge in [-0.05, 0) is 59.8 Å². The minimum absolute atomic E-state index is 0.152. The maximum absolute atomic E-state index is 12.0. The van der Waals surface area contributed by atoms with Crippen LogP contribution in [0.15, 0.2) is 48.5 Å². The monoisotopic (exact) mass is 423 g/mol. The van der Waals surface area contributed by atoms with Gasteiger partial charge in [0.2, 0.25) is 5.91 Å². The quantitative estimate of drug-likeness (QED) is 0.626. The van der Waals surface area contributed by atoms with Gasteiger partial charge in [-0.1, -0.05) is 18.2 Å². The lowest BCUT2D eigenvalue weighted by Crippen LogP contribution is -2.24. The molecule has 0 spiro atoms. The summed E-state index contributed by atoms with van der Waals surface area (Å²) in [6, 6.07) is 14.6. The fraction of sp³-hybridized carbons (Fsp3) is 0.176. The Balaban J connectivity index is 1.94. The third-order valence-electron chi connectivity index (χ3n) is 3.06. The van der Waals surface area contributed by atoms with E-state index in [9.17, 15) is 9.59 Å². The zero-order chi connectivity index (χ0) is 16.7. The van der Waals surface area contributed by atoms with Crippen LogP contribution in [-0.2, 0) is 4.79 Å². The second-order valence-electron chi connectivity index (χ2n) is 4.82. The van der Waals surface area contributed by atoms with E-state index in [0.717, 1.165) is 9.26 Å². The van der Waals surface area contributed by atoms with Crippen molar-refractivity contribution in [3.05, 3.63) is 57.7 Å².